The summed E-state index contributed by atoms with van der Waals surface area (Å²) in [7, 11) is 0. The van der Waals surface area contributed by atoms with Crippen molar-refractivity contribution in [3.8, 4) is 17.4 Å². The number of aromatic hydroxyl groups is 2. The van der Waals surface area contributed by atoms with Gasteiger partial charge in [0, 0.05) is 24.8 Å². The van der Waals surface area contributed by atoms with E-state index in [4.69, 9.17) is 26.6 Å². The second kappa shape index (κ2) is 13.5. The lowest BCUT2D eigenvalue weighted by Crippen LogP contribution is -1.96. The summed E-state index contributed by atoms with van der Waals surface area (Å²) in [6, 6.07) is 13.4. The molecule has 0 aliphatic rings. The molecule has 2 aromatic heterocycles. The number of nitrogens with zero attached hydrogens (tertiary/aromatic N) is 4. The van der Waals surface area contributed by atoms with E-state index in [0.717, 1.165) is 11.1 Å². The number of hydrogen-bond donors (Lipinski definition) is 3. The third-order valence-electron chi connectivity index (χ3n) is 3.46. The molecule has 0 bridgehead atoms. The molecule has 0 saturated heterocycles. The van der Waals surface area contributed by atoms with Gasteiger partial charge in [-0.1, -0.05) is 35.9 Å². The Kier molecular flexibility index (Phi) is 10.2. The first-order valence-electron chi connectivity index (χ1n) is 9.04. The summed E-state index contributed by atoms with van der Waals surface area (Å²) in [5, 5.41) is 27.0. The Morgan fingerprint density at radius 1 is 0.774 bits per heavy atom. The lowest BCUT2D eigenvalue weighted by molar-refractivity contribution is 0.281. The smallest absolute Gasteiger partial charge is 0.232 e. The summed E-state index contributed by atoms with van der Waals surface area (Å²) < 4.78 is 5.36. The van der Waals surface area contributed by atoms with Crippen LogP contribution in [0.1, 0.15) is 11.1 Å². The second-order valence-electron chi connectivity index (χ2n) is 5.86. The van der Waals surface area contributed by atoms with Crippen molar-refractivity contribution in [1.82, 2.24) is 19.9 Å². The fourth-order valence-electron chi connectivity index (χ4n) is 2.10. The number of benzene rings is 2. The van der Waals surface area contributed by atoms with E-state index in [9.17, 15) is 5.11 Å². The van der Waals surface area contributed by atoms with E-state index in [1.807, 2.05) is 6.07 Å². The number of aromatic nitrogens is 4. The van der Waals surface area contributed by atoms with Gasteiger partial charge in [-0.15, -0.1) is 0 Å². The fraction of sp³-hybridized carbons (Fsp3) is 0.0909. The average Bonchev–Trinajstić information content (AvgIpc) is 2.80. The molecular formula is C22H21ClN4O4. The van der Waals surface area contributed by atoms with E-state index in [1.165, 1.54) is 12.3 Å². The van der Waals surface area contributed by atoms with Crippen LogP contribution in [0.15, 0.2) is 85.7 Å². The molecule has 0 aliphatic heterocycles. The first-order valence-corrected chi connectivity index (χ1v) is 9.41. The Bertz CT molecular complexity index is 1020. The van der Waals surface area contributed by atoms with Crippen molar-refractivity contribution in [3.05, 3.63) is 102 Å². The summed E-state index contributed by atoms with van der Waals surface area (Å²) in [5.41, 5.74) is 1.62. The van der Waals surface area contributed by atoms with Crippen molar-refractivity contribution in [2.45, 2.75) is 13.2 Å². The van der Waals surface area contributed by atoms with Gasteiger partial charge in [0.2, 0.25) is 5.88 Å². The average molecular weight is 441 g/mol. The van der Waals surface area contributed by atoms with Gasteiger partial charge in [0.05, 0.1) is 19.0 Å². The van der Waals surface area contributed by atoms with Crippen LogP contribution in [0.3, 0.4) is 0 Å². The largest absolute Gasteiger partial charge is 0.508 e. The molecule has 2 heterocycles. The molecule has 0 atom stereocenters. The molecule has 2 aromatic carbocycles. The molecule has 8 nitrogen and oxygen atoms in total. The first-order chi connectivity index (χ1) is 15.1. The zero-order chi connectivity index (χ0) is 22.3. The molecule has 4 aromatic rings. The number of ether oxygens (including phenoxy) is 1. The summed E-state index contributed by atoms with van der Waals surface area (Å²) in [6.45, 7) is 0.349. The van der Waals surface area contributed by atoms with Crippen LogP contribution in [0.2, 0.25) is 5.15 Å². The maximum atomic E-state index is 9.23. The Labute approximate surface area is 184 Å². The van der Waals surface area contributed by atoms with Gasteiger partial charge in [0.1, 0.15) is 23.3 Å². The Morgan fingerprint density at radius 3 is 1.84 bits per heavy atom. The van der Waals surface area contributed by atoms with Crippen LogP contribution in [0.5, 0.6) is 17.4 Å². The van der Waals surface area contributed by atoms with Gasteiger partial charge in [-0.3, -0.25) is 9.97 Å². The molecule has 0 spiro atoms. The lowest BCUT2D eigenvalue weighted by Gasteiger charge is -2.04. The minimum Gasteiger partial charge on any atom is -0.508 e. The van der Waals surface area contributed by atoms with Gasteiger partial charge in [0.25, 0.3) is 0 Å². The van der Waals surface area contributed by atoms with E-state index in [-0.39, 0.29) is 18.1 Å². The second-order valence-corrected chi connectivity index (χ2v) is 6.25. The highest BCUT2D eigenvalue weighted by atomic mass is 35.5. The van der Waals surface area contributed by atoms with Crippen molar-refractivity contribution in [2.24, 2.45) is 0 Å². The van der Waals surface area contributed by atoms with Crippen LogP contribution >= 0.6 is 11.6 Å². The minimum absolute atomic E-state index is 0.0194. The van der Waals surface area contributed by atoms with Crippen molar-refractivity contribution in [1.29, 1.82) is 0 Å². The van der Waals surface area contributed by atoms with Gasteiger partial charge in [-0.2, -0.15) is 0 Å². The van der Waals surface area contributed by atoms with Crippen molar-refractivity contribution in [2.75, 3.05) is 0 Å². The predicted molar refractivity (Wildman–Crippen MR) is 116 cm³/mol. The fourth-order valence-corrected chi connectivity index (χ4v) is 2.21. The van der Waals surface area contributed by atoms with E-state index >= 15 is 0 Å². The highest BCUT2D eigenvalue weighted by molar-refractivity contribution is 6.29. The monoisotopic (exact) mass is 440 g/mol. The molecule has 0 saturated carbocycles. The van der Waals surface area contributed by atoms with Gasteiger partial charge in [-0.25, -0.2) is 9.97 Å². The van der Waals surface area contributed by atoms with Crippen LogP contribution in [0.4, 0.5) is 0 Å². The normalized spacial score (nSPS) is 9.48. The van der Waals surface area contributed by atoms with Crippen LogP contribution in [-0.4, -0.2) is 35.3 Å². The summed E-state index contributed by atoms with van der Waals surface area (Å²) in [4.78, 5) is 15.2. The molecule has 160 valence electrons. The molecule has 3 N–H and O–H groups in total. The molecule has 0 aliphatic carbocycles. The molecule has 0 amide bonds. The van der Waals surface area contributed by atoms with Crippen molar-refractivity contribution < 1.29 is 20.1 Å². The maximum absolute atomic E-state index is 9.23. The molecule has 0 unspecified atom stereocenters. The van der Waals surface area contributed by atoms with Crippen LogP contribution in [0, 0.1) is 0 Å². The number of phenolic OH excluding ortho intramolecular Hbond substituents is 2. The number of halogens is 1. The van der Waals surface area contributed by atoms with E-state index in [2.05, 4.69) is 19.9 Å². The highest BCUT2D eigenvalue weighted by Gasteiger charge is 1.97. The van der Waals surface area contributed by atoms with Crippen LogP contribution in [0.25, 0.3) is 0 Å². The third kappa shape index (κ3) is 10.0. The molecule has 4 rings (SSSR count). The molecule has 0 fully saturated rings. The number of rotatable bonds is 4. The zero-order valence-electron chi connectivity index (χ0n) is 16.4. The number of aliphatic hydroxyl groups excluding tert-OH is 1. The number of aliphatic hydroxyl groups is 1. The van der Waals surface area contributed by atoms with E-state index in [1.54, 1.807) is 67.4 Å². The van der Waals surface area contributed by atoms with Gasteiger partial charge < -0.3 is 20.1 Å². The summed E-state index contributed by atoms with van der Waals surface area (Å²) in [6.07, 6.45) is 9.30. The first kappa shape index (κ1) is 23.5. The Balaban J connectivity index is 0.000000181. The third-order valence-corrected chi connectivity index (χ3v) is 3.66. The van der Waals surface area contributed by atoms with Gasteiger partial charge >= 0.3 is 0 Å². The van der Waals surface area contributed by atoms with Crippen molar-refractivity contribution in [3.63, 3.8) is 0 Å². The molecule has 9 heteroatoms. The topological polar surface area (TPSA) is 121 Å². The molecule has 31 heavy (non-hydrogen) atoms. The SMILES string of the molecule is Clc1cnccn1.OCc1cccc(O)c1.Oc1cccc(COc2cnccn2)c1. The maximum Gasteiger partial charge on any atom is 0.232 e. The summed E-state index contributed by atoms with van der Waals surface area (Å²) >= 11 is 5.37. The number of hydrogen-bond acceptors (Lipinski definition) is 8. The van der Waals surface area contributed by atoms with Crippen LogP contribution < -0.4 is 4.74 Å². The Hall–Kier alpha value is -3.75. The zero-order valence-corrected chi connectivity index (χ0v) is 17.2. The van der Waals surface area contributed by atoms with Crippen molar-refractivity contribution >= 4 is 11.6 Å². The number of phenols is 2. The van der Waals surface area contributed by atoms with Crippen LogP contribution in [-0.2, 0) is 13.2 Å². The quantitative estimate of drug-likeness (QED) is 0.438. The molecule has 0 radical (unpaired) electrons. The minimum atomic E-state index is -0.0194. The highest BCUT2D eigenvalue weighted by Crippen LogP contribution is 2.13. The van der Waals surface area contributed by atoms with E-state index < -0.39 is 0 Å². The van der Waals surface area contributed by atoms with E-state index in [0.29, 0.717) is 17.6 Å². The predicted octanol–water partition coefficient (Wildman–Crippen LogP) is 3.78. The lowest BCUT2D eigenvalue weighted by atomic mass is 10.2. The van der Waals surface area contributed by atoms with Gasteiger partial charge in [0.15, 0.2) is 0 Å². The molecular weight excluding hydrogens is 420 g/mol. The van der Waals surface area contributed by atoms with Gasteiger partial charge in [-0.05, 0) is 35.4 Å². The standard InChI is InChI=1S/C11H10N2O2.C7H8O2.C4H3ClN2/c14-10-3-1-2-9(6-10)8-15-11-7-12-4-5-13-11;8-5-6-2-1-3-7(9)4-6;5-4-3-6-1-2-7-4/h1-7,14H,8H2;1-4,8-9H,5H2;1-3H. The Morgan fingerprint density at radius 2 is 1.39 bits per heavy atom. The summed E-state index contributed by atoms with van der Waals surface area (Å²) in [5.74, 6) is 0.901.